The second-order valence-electron chi connectivity index (χ2n) is 4.98. The summed E-state index contributed by atoms with van der Waals surface area (Å²) in [5.41, 5.74) is 1.20. The van der Waals surface area contributed by atoms with Crippen molar-refractivity contribution >= 4 is 21.9 Å². The van der Waals surface area contributed by atoms with Crippen molar-refractivity contribution in [2.45, 2.75) is 39.0 Å². The normalized spacial score (nSPS) is 16.3. The molecule has 2 rings (SSSR count). The molecule has 0 aliphatic heterocycles. The predicted octanol–water partition coefficient (Wildman–Crippen LogP) is 4.12. The second kappa shape index (κ2) is 5.87. The first-order valence-electron chi connectivity index (χ1n) is 6.58. The molecule has 0 radical (unpaired) electrons. The van der Waals surface area contributed by atoms with Crippen LogP contribution in [0, 0.1) is 5.41 Å². The Balaban J connectivity index is 1.78. The third-order valence-corrected chi connectivity index (χ3v) is 4.12. The number of carbonyl (C=O) groups excluding carboxylic acids is 1. The maximum Gasteiger partial charge on any atom is 0.312 e. The Morgan fingerprint density at radius 2 is 2.00 bits per heavy atom. The van der Waals surface area contributed by atoms with Gasteiger partial charge in [-0.15, -0.1) is 0 Å². The largest absolute Gasteiger partial charge is 0.466 e. The van der Waals surface area contributed by atoms with Crippen molar-refractivity contribution in [2.24, 2.45) is 5.41 Å². The highest BCUT2D eigenvalue weighted by Crippen LogP contribution is 2.50. The second-order valence-corrected chi connectivity index (χ2v) is 5.90. The fraction of sp³-hybridized carbons (Fsp3) is 0.533. The number of carbonyl (C=O) groups is 1. The topological polar surface area (TPSA) is 26.3 Å². The van der Waals surface area contributed by atoms with E-state index in [0.29, 0.717) is 6.61 Å². The molecule has 0 amide bonds. The lowest BCUT2D eigenvalue weighted by Crippen LogP contribution is -2.19. The third kappa shape index (κ3) is 3.35. The minimum Gasteiger partial charge on any atom is -0.466 e. The van der Waals surface area contributed by atoms with Gasteiger partial charge in [-0.25, -0.2) is 0 Å². The third-order valence-electron chi connectivity index (χ3n) is 3.60. The summed E-state index contributed by atoms with van der Waals surface area (Å²) in [5, 5.41) is 0. The lowest BCUT2D eigenvalue weighted by molar-refractivity contribution is -0.150. The highest BCUT2D eigenvalue weighted by molar-refractivity contribution is 9.10. The van der Waals surface area contributed by atoms with Gasteiger partial charge in [0.05, 0.1) is 12.0 Å². The molecule has 0 spiro atoms. The van der Waals surface area contributed by atoms with Crippen LogP contribution in [-0.2, 0) is 16.0 Å². The van der Waals surface area contributed by atoms with Gasteiger partial charge in [-0.1, -0.05) is 28.1 Å². The summed E-state index contributed by atoms with van der Waals surface area (Å²) in [6.07, 6.45) is 5.06. The number of esters is 1. The van der Waals surface area contributed by atoms with Crippen molar-refractivity contribution in [1.82, 2.24) is 0 Å². The summed E-state index contributed by atoms with van der Waals surface area (Å²) in [6.45, 7) is 2.36. The molecular weight excluding hydrogens is 292 g/mol. The minimum absolute atomic E-state index is 0.0146. The van der Waals surface area contributed by atoms with Crippen LogP contribution in [0.5, 0.6) is 0 Å². The van der Waals surface area contributed by atoms with E-state index in [1.54, 1.807) is 0 Å². The molecule has 1 aliphatic rings. The maximum atomic E-state index is 11.8. The number of ether oxygens (including phenoxy) is 1. The molecule has 0 atom stereocenters. The predicted molar refractivity (Wildman–Crippen MR) is 75.4 cm³/mol. The van der Waals surface area contributed by atoms with Crippen LogP contribution in [0.25, 0.3) is 0 Å². The summed E-state index contributed by atoms with van der Waals surface area (Å²) >= 11 is 3.43. The summed E-state index contributed by atoms with van der Waals surface area (Å²) in [5.74, 6) is 0.0146. The molecule has 3 heteroatoms. The van der Waals surface area contributed by atoms with Gasteiger partial charge in [0.2, 0.25) is 0 Å². The van der Waals surface area contributed by atoms with Gasteiger partial charge in [-0.3, -0.25) is 4.79 Å². The van der Waals surface area contributed by atoms with Gasteiger partial charge in [-0.2, -0.15) is 0 Å². The van der Waals surface area contributed by atoms with Crippen LogP contribution < -0.4 is 0 Å². The van der Waals surface area contributed by atoms with Crippen molar-refractivity contribution in [1.29, 1.82) is 0 Å². The van der Waals surface area contributed by atoms with Crippen molar-refractivity contribution in [2.75, 3.05) is 6.61 Å². The Kier molecular flexibility index (Phi) is 4.44. The number of halogens is 1. The highest BCUT2D eigenvalue weighted by atomic mass is 79.9. The molecule has 2 nitrogen and oxygen atoms in total. The fourth-order valence-electron chi connectivity index (χ4n) is 2.27. The fourth-order valence-corrected chi connectivity index (χ4v) is 2.54. The van der Waals surface area contributed by atoms with Gasteiger partial charge >= 0.3 is 5.97 Å². The highest BCUT2D eigenvalue weighted by Gasteiger charge is 2.50. The Labute approximate surface area is 117 Å². The molecule has 0 saturated heterocycles. The lowest BCUT2D eigenvalue weighted by atomic mass is 9.97. The molecule has 0 bridgehead atoms. The smallest absolute Gasteiger partial charge is 0.312 e. The van der Waals surface area contributed by atoms with Crippen molar-refractivity contribution in [3.8, 4) is 0 Å². The van der Waals surface area contributed by atoms with Crippen LogP contribution in [-0.4, -0.2) is 12.6 Å². The van der Waals surface area contributed by atoms with E-state index in [2.05, 4.69) is 40.2 Å². The van der Waals surface area contributed by atoms with E-state index < -0.39 is 0 Å². The summed E-state index contributed by atoms with van der Waals surface area (Å²) in [7, 11) is 0. The van der Waals surface area contributed by atoms with E-state index in [0.717, 1.165) is 36.6 Å². The summed E-state index contributed by atoms with van der Waals surface area (Å²) < 4.78 is 6.25. The molecule has 18 heavy (non-hydrogen) atoms. The Bertz CT molecular complexity index is 407. The Hall–Kier alpha value is -0.830. The Morgan fingerprint density at radius 3 is 2.56 bits per heavy atom. The van der Waals surface area contributed by atoms with Gasteiger partial charge < -0.3 is 4.74 Å². The number of hydrogen-bond acceptors (Lipinski definition) is 2. The molecule has 0 aromatic heterocycles. The zero-order valence-corrected chi connectivity index (χ0v) is 12.3. The van der Waals surface area contributed by atoms with E-state index in [1.165, 1.54) is 5.56 Å². The van der Waals surface area contributed by atoms with Crippen LogP contribution in [0.2, 0.25) is 0 Å². The number of rotatable bonds is 6. The average molecular weight is 311 g/mol. The van der Waals surface area contributed by atoms with Crippen LogP contribution in [0.3, 0.4) is 0 Å². The molecule has 1 aromatic carbocycles. The van der Waals surface area contributed by atoms with E-state index in [4.69, 9.17) is 4.74 Å². The summed E-state index contributed by atoms with van der Waals surface area (Å²) in [4.78, 5) is 11.8. The van der Waals surface area contributed by atoms with Crippen molar-refractivity contribution in [3.63, 3.8) is 0 Å². The SMILES string of the molecule is CCOC(=O)C1(CCCc2ccc(Br)cc2)CC1. The van der Waals surface area contributed by atoms with Gasteiger partial charge in [-0.05, 0) is 56.7 Å². The van der Waals surface area contributed by atoms with Gasteiger partial charge in [0.15, 0.2) is 0 Å². The van der Waals surface area contributed by atoms with E-state index in [1.807, 2.05) is 6.92 Å². The maximum absolute atomic E-state index is 11.8. The van der Waals surface area contributed by atoms with Gasteiger partial charge in [0, 0.05) is 4.47 Å². The molecule has 1 fully saturated rings. The van der Waals surface area contributed by atoms with Gasteiger partial charge in [0.1, 0.15) is 0 Å². The van der Waals surface area contributed by atoms with Crippen LogP contribution in [0.1, 0.15) is 38.2 Å². The molecular formula is C15H19BrO2. The monoisotopic (exact) mass is 310 g/mol. The quantitative estimate of drug-likeness (QED) is 0.739. The van der Waals surface area contributed by atoms with E-state index in [-0.39, 0.29) is 11.4 Å². The molecule has 1 aliphatic carbocycles. The number of hydrogen-bond donors (Lipinski definition) is 0. The lowest BCUT2D eigenvalue weighted by Gasteiger charge is -2.13. The van der Waals surface area contributed by atoms with E-state index in [9.17, 15) is 4.79 Å². The minimum atomic E-state index is -0.134. The zero-order valence-electron chi connectivity index (χ0n) is 10.7. The number of benzene rings is 1. The first-order valence-corrected chi connectivity index (χ1v) is 7.37. The molecule has 98 valence electrons. The van der Waals surface area contributed by atoms with Crippen LogP contribution in [0.15, 0.2) is 28.7 Å². The van der Waals surface area contributed by atoms with Crippen LogP contribution in [0.4, 0.5) is 0 Å². The zero-order chi connectivity index (χ0) is 13.0. The van der Waals surface area contributed by atoms with Crippen molar-refractivity contribution < 1.29 is 9.53 Å². The average Bonchev–Trinajstić information content (AvgIpc) is 3.13. The van der Waals surface area contributed by atoms with Crippen LogP contribution >= 0.6 is 15.9 Å². The molecule has 0 N–H and O–H groups in total. The Morgan fingerprint density at radius 1 is 1.33 bits per heavy atom. The van der Waals surface area contributed by atoms with E-state index >= 15 is 0 Å². The standard InChI is InChI=1S/C15H19BrO2/c1-2-18-14(17)15(10-11-15)9-3-4-12-5-7-13(16)8-6-12/h5-8H,2-4,9-11H2,1H3. The van der Waals surface area contributed by atoms with Gasteiger partial charge in [0.25, 0.3) is 0 Å². The summed E-state index contributed by atoms with van der Waals surface area (Å²) in [6, 6.07) is 8.39. The molecule has 0 unspecified atom stereocenters. The number of aryl methyl sites for hydroxylation is 1. The molecule has 0 heterocycles. The first-order chi connectivity index (χ1) is 8.66. The van der Waals surface area contributed by atoms with Crippen molar-refractivity contribution in [3.05, 3.63) is 34.3 Å². The molecule has 1 aromatic rings. The molecule has 1 saturated carbocycles. The first kappa shape index (κ1) is 13.6.